The molecule has 0 fully saturated rings. The van der Waals surface area contributed by atoms with E-state index in [1.807, 2.05) is 0 Å². The Labute approximate surface area is 93.8 Å². The van der Waals surface area contributed by atoms with Crippen LogP contribution in [-0.2, 0) is 9.53 Å². The highest BCUT2D eigenvalue weighted by molar-refractivity contribution is 5.91. The van der Waals surface area contributed by atoms with Crippen molar-refractivity contribution in [3.63, 3.8) is 0 Å². The fourth-order valence-electron chi connectivity index (χ4n) is 1.11. The molecule has 6 heteroatoms. The monoisotopic (exact) mass is 225 g/mol. The zero-order valence-electron chi connectivity index (χ0n) is 9.32. The molecule has 0 atom stereocenters. The number of anilines is 2. The van der Waals surface area contributed by atoms with Crippen LogP contribution in [0.4, 0.5) is 11.5 Å². The van der Waals surface area contributed by atoms with Gasteiger partial charge in [-0.05, 0) is 0 Å². The van der Waals surface area contributed by atoms with Crippen LogP contribution in [0.5, 0.6) is 5.75 Å². The third-order valence-electron chi connectivity index (χ3n) is 1.92. The molecular weight excluding hydrogens is 210 g/mol. The molecule has 16 heavy (non-hydrogen) atoms. The fraction of sp³-hybridized carbons (Fsp3) is 0.400. The van der Waals surface area contributed by atoms with Crippen LogP contribution in [0.25, 0.3) is 0 Å². The van der Waals surface area contributed by atoms with Gasteiger partial charge >= 0.3 is 0 Å². The zero-order chi connectivity index (χ0) is 12.0. The Morgan fingerprint density at radius 1 is 1.56 bits per heavy atom. The Bertz CT molecular complexity index is 368. The first-order valence-electron chi connectivity index (χ1n) is 4.75. The quantitative estimate of drug-likeness (QED) is 0.768. The molecule has 0 aromatic carbocycles. The standard InChI is InChI=1S/C10H15N3O3/c1-15-4-3-9(14)13-7-5-8(16-2)10(11)12-6-7/h5-6H,3-4H2,1-2H3,(H2,11,12)(H,13,14). The number of nitrogens with one attached hydrogen (secondary N) is 1. The smallest absolute Gasteiger partial charge is 0.226 e. The summed E-state index contributed by atoms with van der Waals surface area (Å²) in [5, 5.41) is 2.66. The van der Waals surface area contributed by atoms with E-state index in [-0.39, 0.29) is 11.7 Å². The number of nitrogens with zero attached hydrogens (tertiary/aromatic N) is 1. The van der Waals surface area contributed by atoms with Gasteiger partial charge in [-0.1, -0.05) is 0 Å². The van der Waals surface area contributed by atoms with Gasteiger partial charge in [0, 0.05) is 13.2 Å². The predicted octanol–water partition coefficient (Wildman–Crippen LogP) is 0.647. The molecule has 1 amide bonds. The fourth-order valence-corrected chi connectivity index (χ4v) is 1.11. The van der Waals surface area contributed by atoms with Crippen molar-refractivity contribution < 1.29 is 14.3 Å². The Morgan fingerprint density at radius 3 is 2.94 bits per heavy atom. The van der Waals surface area contributed by atoms with Gasteiger partial charge in [0.25, 0.3) is 0 Å². The lowest BCUT2D eigenvalue weighted by Gasteiger charge is -2.07. The predicted molar refractivity (Wildman–Crippen MR) is 60.3 cm³/mol. The summed E-state index contributed by atoms with van der Waals surface area (Å²) < 4.78 is 9.78. The summed E-state index contributed by atoms with van der Waals surface area (Å²) in [5.41, 5.74) is 6.09. The number of aromatic nitrogens is 1. The third-order valence-corrected chi connectivity index (χ3v) is 1.92. The van der Waals surface area contributed by atoms with Gasteiger partial charge in [0.15, 0.2) is 11.6 Å². The number of pyridine rings is 1. The molecule has 0 unspecified atom stereocenters. The van der Waals surface area contributed by atoms with Crippen LogP contribution in [0, 0.1) is 0 Å². The van der Waals surface area contributed by atoms with Crippen LogP contribution < -0.4 is 15.8 Å². The number of amides is 1. The van der Waals surface area contributed by atoms with E-state index in [1.165, 1.54) is 13.3 Å². The van der Waals surface area contributed by atoms with Crippen molar-refractivity contribution in [2.24, 2.45) is 0 Å². The zero-order valence-corrected chi connectivity index (χ0v) is 9.32. The van der Waals surface area contributed by atoms with E-state index in [9.17, 15) is 4.79 Å². The minimum atomic E-state index is -0.143. The third kappa shape index (κ3) is 3.39. The number of nitrogens with two attached hydrogens (primary N) is 1. The highest BCUT2D eigenvalue weighted by Gasteiger charge is 2.05. The van der Waals surface area contributed by atoms with Crippen molar-refractivity contribution in [3.05, 3.63) is 12.3 Å². The first kappa shape index (κ1) is 12.3. The number of ether oxygens (including phenoxy) is 2. The SMILES string of the molecule is COCCC(=O)Nc1cnc(N)c(OC)c1. The van der Waals surface area contributed by atoms with Crippen molar-refractivity contribution in [1.29, 1.82) is 0 Å². The lowest BCUT2D eigenvalue weighted by Crippen LogP contribution is -2.14. The van der Waals surface area contributed by atoms with Crippen molar-refractivity contribution in [2.75, 3.05) is 31.9 Å². The number of hydrogen-bond acceptors (Lipinski definition) is 5. The summed E-state index contributed by atoms with van der Waals surface area (Å²) in [4.78, 5) is 15.3. The number of rotatable bonds is 5. The normalized spacial score (nSPS) is 9.88. The van der Waals surface area contributed by atoms with E-state index in [0.717, 1.165) is 0 Å². The van der Waals surface area contributed by atoms with Crippen LogP contribution in [0.2, 0.25) is 0 Å². The summed E-state index contributed by atoms with van der Waals surface area (Å²) in [7, 11) is 3.03. The second-order valence-corrected chi connectivity index (χ2v) is 3.10. The molecular formula is C10H15N3O3. The maximum Gasteiger partial charge on any atom is 0.226 e. The number of carbonyl (C=O) groups is 1. The number of methoxy groups -OCH3 is 2. The van der Waals surface area contributed by atoms with Crippen LogP contribution in [-0.4, -0.2) is 31.7 Å². The summed E-state index contributed by atoms with van der Waals surface area (Å²) in [6.45, 7) is 0.380. The molecule has 1 aromatic heterocycles. The topological polar surface area (TPSA) is 86.5 Å². The Kier molecular flexibility index (Phi) is 4.53. The van der Waals surface area contributed by atoms with Gasteiger partial charge in [-0.3, -0.25) is 4.79 Å². The first-order chi connectivity index (χ1) is 7.67. The summed E-state index contributed by atoms with van der Waals surface area (Å²) in [5.74, 6) is 0.581. The molecule has 0 saturated carbocycles. The van der Waals surface area contributed by atoms with Gasteiger partial charge in [-0.25, -0.2) is 4.98 Å². The van der Waals surface area contributed by atoms with E-state index < -0.39 is 0 Å². The molecule has 0 spiro atoms. The second kappa shape index (κ2) is 5.92. The molecule has 0 aliphatic heterocycles. The lowest BCUT2D eigenvalue weighted by atomic mass is 10.3. The average Bonchev–Trinajstić information content (AvgIpc) is 2.29. The molecule has 0 saturated heterocycles. The first-order valence-corrected chi connectivity index (χ1v) is 4.75. The maximum atomic E-state index is 11.4. The summed E-state index contributed by atoms with van der Waals surface area (Å²) in [6, 6.07) is 1.62. The van der Waals surface area contributed by atoms with E-state index in [0.29, 0.717) is 24.5 Å². The Morgan fingerprint density at radius 2 is 2.31 bits per heavy atom. The maximum absolute atomic E-state index is 11.4. The molecule has 1 aromatic rings. The van der Waals surface area contributed by atoms with Crippen molar-refractivity contribution in [3.8, 4) is 5.75 Å². The molecule has 6 nitrogen and oxygen atoms in total. The van der Waals surface area contributed by atoms with E-state index in [4.69, 9.17) is 15.2 Å². The van der Waals surface area contributed by atoms with Gasteiger partial charge in [0.1, 0.15) is 0 Å². The van der Waals surface area contributed by atoms with Crippen molar-refractivity contribution in [1.82, 2.24) is 4.98 Å². The van der Waals surface area contributed by atoms with Gasteiger partial charge in [-0.2, -0.15) is 0 Å². The largest absolute Gasteiger partial charge is 0.493 e. The van der Waals surface area contributed by atoms with Gasteiger partial charge in [0.2, 0.25) is 5.91 Å². The minimum absolute atomic E-state index is 0.143. The van der Waals surface area contributed by atoms with Gasteiger partial charge in [0.05, 0.1) is 32.0 Å². The van der Waals surface area contributed by atoms with Crippen molar-refractivity contribution >= 4 is 17.4 Å². The number of hydrogen-bond donors (Lipinski definition) is 2. The summed E-state index contributed by atoms with van der Waals surface area (Å²) in [6.07, 6.45) is 1.77. The molecule has 1 heterocycles. The number of nitrogen functional groups attached to an aromatic ring is 1. The van der Waals surface area contributed by atoms with Crippen LogP contribution in [0.3, 0.4) is 0 Å². The Balaban J connectivity index is 2.63. The lowest BCUT2D eigenvalue weighted by molar-refractivity contribution is -0.117. The Hall–Kier alpha value is -1.82. The molecule has 0 radical (unpaired) electrons. The van der Waals surface area contributed by atoms with Crippen LogP contribution >= 0.6 is 0 Å². The second-order valence-electron chi connectivity index (χ2n) is 3.10. The molecule has 1 rings (SSSR count). The highest BCUT2D eigenvalue weighted by Crippen LogP contribution is 2.22. The van der Waals surface area contributed by atoms with Gasteiger partial charge in [-0.15, -0.1) is 0 Å². The number of carbonyl (C=O) groups excluding carboxylic acids is 1. The highest BCUT2D eigenvalue weighted by atomic mass is 16.5. The molecule has 3 N–H and O–H groups in total. The molecule has 0 aliphatic carbocycles. The van der Waals surface area contributed by atoms with E-state index in [2.05, 4.69) is 10.3 Å². The molecule has 0 bridgehead atoms. The van der Waals surface area contributed by atoms with Crippen molar-refractivity contribution in [2.45, 2.75) is 6.42 Å². The van der Waals surface area contributed by atoms with Gasteiger partial charge < -0.3 is 20.5 Å². The molecule has 0 aliphatic rings. The molecule has 88 valence electrons. The average molecular weight is 225 g/mol. The summed E-state index contributed by atoms with van der Waals surface area (Å²) >= 11 is 0. The van der Waals surface area contributed by atoms with E-state index >= 15 is 0 Å². The van der Waals surface area contributed by atoms with E-state index in [1.54, 1.807) is 13.2 Å². The van der Waals surface area contributed by atoms with Crippen LogP contribution in [0.15, 0.2) is 12.3 Å². The minimum Gasteiger partial charge on any atom is -0.493 e. The van der Waals surface area contributed by atoms with Crippen LogP contribution in [0.1, 0.15) is 6.42 Å².